The molecule has 1 atom stereocenters. The molecule has 180 valence electrons. The molecule has 1 aromatic heterocycles. The van der Waals surface area contributed by atoms with E-state index in [-0.39, 0.29) is 12.5 Å². The summed E-state index contributed by atoms with van der Waals surface area (Å²) in [5.41, 5.74) is 2.30. The lowest BCUT2D eigenvalue weighted by atomic mass is 9.96. The van der Waals surface area contributed by atoms with Crippen LogP contribution in [0.3, 0.4) is 0 Å². The summed E-state index contributed by atoms with van der Waals surface area (Å²) in [6.45, 7) is 2.10. The first-order valence-electron chi connectivity index (χ1n) is 12.3. The van der Waals surface area contributed by atoms with E-state index in [2.05, 4.69) is 0 Å². The van der Waals surface area contributed by atoms with Gasteiger partial charge in [-0.2, -0.15) is 0 Å². The van der Waals surface area contributed by atoms with Crippen LogP contribution in [0.1, 0.15) is 43.9 Å². The second kappa shape index (κ2) is 10.4. The molecule has 5 rings (SSSR count). The predicted octanol–water partition coefficient (Wildman–Crippen LogP) is 6.28. The van der Waals surface area contributed by atoms with Gasteiger partial charge >= 0.3 is 5.63 Å². The quantitative estimate of drug-likeness (QED) is 0.328. The van der Waals surface area contributed by atoms with Crippen molar-refractivity contribution in [3.05, 3.63) is 94.5 Å². The average molecular weight is 471 g/mol. The van der Waals surface area contributed by atoms with Crippen molar-refractivity contribution in [3.8, 4) is 22.6 Å². The van der Waals surface area contributed by atoms with Gasteiger partial charge in [0.25, 0.3) is 0 Å². The fourth-order valence-electron chi connectivity index (χ4n) is 4.77. The Hall–Kier alpha value is -3.57. The van der Waals surface area contributed by atoms with E-state index in [4.69, 9.17) is 13.9 Å². The monoisotopic (exact) mass is 470 g/mol. The molecule has 1 fully saturated rings. The van der Waals surface area contributed by atoms with E-state index in [1.165, 1.54) is 12.8 Å². The SMILES string of the molecule is CC(O)Cc1oc(=O)c2ccccc2c1-c1ccc(OC2CCCC2)c(OCc2ccccc2)c1. The highest BCUT2D eigenvalue weighted by atomic mass is 16.5. The molecule has 1 aliphatic rings. The van der Waals surface area contributed by atoms with Crippen molar-refractivity contribution < 1.29 is 19.0 Å². The molecule has 1 heterocycles. The Bertz CT molecular complexity index is 1350. The maximum atomic E-state index is 12.6. The molecule has 1 unspecified atom stereocenters. The zero-order chi connectivity index (χ0) is 24.2. The Morgan fingerprint density at radius 1 is 0.943 bits per heavy atom. The summed E-state index contributed by atoms with van der Waals surface area (Å²) in [7, 11) is 0. The number of hydrogen-bond donors (Lipinski definition) is 1. The summed E-state index contributed by atoms with van der Waals surface area (Å²) >= 11 is 0. The first-order valence-corrected chi connectivity index (χ1v) is 12.3. The van der Waals surface area contributed by atoms with Crippen molar-refractivity contribution in [2.24, 2.45) is 0 Å². The van der Waals surface area contributed by atoms with Gasteiger partial charge in [0.2, 0.25) is 0 Å². The number of aliphatic hydroxyl groups excluding tert-OH is 1. The Labute approximate surface area is 204 Å². The highest BCUT2D eigenvalue weighted by molar-refractivity contribution is 5.97. The lowest BCUT2D eigenvalue weighted by Crippen LogP contribution is -2.12. The van der Waals surface area contributed by atoms with Crippen LogP contribution in [0.2, 0.25) is 0 Å². The molecule has 0 aliphatic heterocycles. The van der Waals surface area contributed by atoms with Gasteiger partial charge in [-0.3, -0.25) is 0 Å². The lowest BCUT2D eigenvalue weighted by Gasteiger charge is -2.19. The third kappa shape index (κ3) is 5.25. The normalized spacial score (nSPS) is 14.8. The minimum Gasteiger partial charge on any atom is -0.487 e. The minimum atomic E-state index is -0.656. The molecular weight excluding hydrogens is 440 g/mol. The van der Waals surface area contributed by atoms with Crippen LogP contribution in [-0.2, 0) is 13.0 Å². The van der Waals surface area contributed by atoms with Gasteiger partial charge in [0.15, 0.2) is 11.5 Å². The molecule has 4 aromatic rings. The Morgan fingerprint density at radius 3 is 2.40 bits per heavy atom. The summed E-state index contributed by atoms with van der Waals surface area (Å²) in [6.07, 6.45) is 4.23. The third-order valence-electron chi connectivity index (χ3n) is 6.46. The number of rotatable bonds is 8. The number of hydrogen-bond acceptors (Lipinski definition) is 5. The number of ether oxygens (including phenoxy) is 2. The maximum absolute atomic E-state index is 12.6. The molecule has 0 saturated heterocycles. The fourth-order valence-corrected chi connectivity index (χ4v) is 4.77. The molecular formula is C30H30O5. The largest absolute Gasteiger partial charge is 0.487 e. The van der Waals surface area contributed by atoms with E-state index >= 15 is 0 Å². The lowest BCUT2D eigenvalue weighted by molar-refractivity contribution is 0.186. The van der Waals surface area contributed by atoms with Gasteiger partial charge in [-0.1, -0.05) is 54.6 Å². The van der Waals surface area contributed by atoms with E-state index < -0.39 is 11.7 Å². The molecule has 0 radical (unpaired) electrons. The predicted molar refractivity (Wildman–Crippen MR) is 137 cm³/mol. The van der Waals surface area contributed by atoms with Crippen LogP contribution in [0.15, 0.2) is 82.0 Å². The van der Waals surface area contributed by atoms with E-state index in [0.29, 0.717) is 23.5 Å². The van der Waals surface area contributed by atoms with Gasteiger partial charge in [-0.15, -0.1) is 0 Å². The minimum absolute atomic E-state index is 0.196. The van der Waals surface area contributed by atoms with Gasteiger partial charge in [-0.05, 0) is 61.9 Å². The summed E-state index contributed by atoms with van der Waals surface area (Å²) in [6, 6.07) is 23.3. The highest BCUT2D eigenvalue weighted by Crippen LogP contribution is 2.39. The summed E-state index contributed by atoms with van der Waals surface area (Å²) < 4.78 is 18.3. The zero-order valence-corrected chi connectivity index (χ0v) is 19.9. The average Bonchev–Trinajstić information content (AvgIpc) is 3.37. The van der Waals surface area contributed by atoms with Crippen molar-refractivity contribution in [3.63, 3.8) is 0 Å². The van der Waals surface area contributed by atoms with Gasteiger partial charge in [0.05, 0.1) is 17.6 Å². The van der Waals surface area contributed by atoms with E-state index in [1.807, 2.05) is 66.7 Å². The molecule has 3 aromatic carbocycles. The van der Waals surface area contributed by atoms with Gasteiger partial charge in [-0.25, -0.2) is 4.79 Å². The molecule has 1 aliphatic carbocycles. The maximum Gasteiger partial charge on any atom is 0.343 e. The number of benzene rings is 3. The van der Waals surface area contributed by atoms with E-state index in [9.17, 15) is 9.90 Å². The molecule has 1 N–H and O–H groups in total. The zero-order valence-electron chi connectivity index (χ0n) is 19.9. The Balaban J connectivity index is 1.60. The number of aliphatic hydroxyl groups is 1. The first-order chi connectivity index (χ1) is 17.1. The fraction of sp³-hybridized carbons (Fsp3) is 0.300. The van der Waals surface area contributed by atoms with Crippen LogP contribution in [0.4, 0.5) is 0 Å². The van der Waals surface area contributed by atoms with E-state index in [0.717, 1.165) is 40.7 Å². The van der Waals surface area contributed by atoms with Crippen LogP contribution in [0.5, 0.6) is 11.5 Å². The smallest absolute Gasteiger partial charge is 0.343 e. The van der Waals surface area contributed by atoms with Crippen molar-refractivity contribution >= 4 is 10.8 Å². The van der Waals surface area contributed by atoms with Crippen molar-refractivity contribution in [2.45, 2.75) is 57.8 Å². The van der Waals surface area contributed by atoms with Crippen molar-refractivity contribution in [1.29, 1.82) is 0 Å². The van der Waals surface area contributed by atoms with Crippen LogP contribution in [0.25, 0.3) is 21.9 Å². The molecule has 0 spiro atoms. The molecule has 5 nitrogen and oxygen atoms in total. The number of fused-ring (bicyclic) bond motifs is 1. The molecule has 0 bridgehead atoms. The summed E-state index contributed by atoms with van der Waals surface area (Å²) in [5, 5.41) is 11.4. The topological polar surface area (TPSA) is 68.9 Å². The van der Waals surface area contributed by atoms with Crippen molar-refractivity contribution in [1.82, 2.24) is 0 Å². The highest BCUT2D eigenvalue weighted by Gasteiger charge is 2.21. The van der Waals surface area contributed by atoms with Crippen LogP contribution in [0, 0.1) is 0 Å². The summed E-state index contributed by atoms with van der Waals surface area (Å²) in [4.78, 5) is 12.6. The molecule has 1 saturated carbocycles. The van der Waals surface area contributed by atoms with Crippen LogP contribution < -0.4 is 15.1 Å². The second-order valence-electron chi connectivity index (χ2n) is 9.25. The Morgan fingerprint density at radius 2 is 1.66 bits per heavy atom. The standard InChI is InChI=1S/C30H30O5/c1-20(31)17-28-29(24-13-7-8-14-25(24)30(32)35-28)22-15-16-26(34-23-11-5-6-12-23)27(18-22)33-19-21-9-3-2-4-10-21/h2-4,7-10,13-16,18,20,23,31H,5-6,11-12,17,19H2,1H3. The van der Waals surface area contributed by atoms with Gasteiger partial charge < -0.3 is 19.0 Å². The molecule has 5 heteroatoms. The third-order valence-corrected chi connectivity index (χ3v) is 6.46. The van der Waals surface area contributed by atoms with Gasteiger partial charge in [0, 0.05) is 17.4 Å². The molecule has 35 heavy (non-hydrogen) atoms. The summed E-state index contributed by atoms with van der Waals surface area (Å²) in [5.74, 6) is 1.83. The second-order valence-corrected chi connectivity index (χ2v) is 9.25. The van der Waals surface area contributed by atoms with Crippen LogP contribution >= 0.6 is 0 Å². The molecule has 0 amide bonds. The van der Waals surface area contributed by atoms with Gasteiger partial charge in [0.1, 0.15) is 12.4 Å². The van der Waals surface area contributed by atoms with Crippen molar-refractivity contribution in [2.75, 3.05) is 0 Å². The first kappa shape index (κ1) is 23.2. The Kier molecular flexibility index (Phi) is 6.87. The van der Waals surface area contributed by atoms with Crippen LogP contribution in [-0.4, -0.2) is 17.3 Å². The van der Waals surface area contributed by atoms with E-state index in [1.54, 1.807) is 13.0 Å².